The fourth-order valence-electron chi connectivity index (χ4n) is 3.16. The molecule has 106 valence electrons. The van der Waals surface area contributed by atoms with Crippen molar-refractivity contribution in [3.05, 3.63) is 35.4 Å². The normalized spacial score (nSPS) is 17.8. The molecule has 2 nitrogen and oxygen atoms in total. The maximum absolute atomic E-state index is 10.1. The average Bonchev–Trinajstić information content (AvgIpc) is 2.92. The Balaban J connectivity index is 1.70. The Morgan fingerprint density at radius 2 is 1.89 bits per heavy atom. The van der Waals surface area contributed by atoms with Crippen molar-refractivity contribution in [1.82, 2.24) is 5.32 Å². The van der Waals surface area contributed by atoms with Crippen LogP contribution < -0.4 is 5.32 Å². The van der Waals surface area contributed by atoms with Crippen molar-refractivity contribution in [1.29, 1.82) is 0 Å². The lowest BCUT2D eigenvalue weighted by molar-refractivity contribution is 0.140. The lowest BCUT2D eigenvalue weighted by Gasteiger charge is -2.16. The first kappa shape index (κ1) is 14.5. The molecule has 1 aromatic rings. The van der Waals surface area contributed by atoms with Gasteiger partial charge < -0.3 is 10.4 Å². The molecule has 0 radical (unpaired) electrons. The standard InChI is InChI=1S/C17H27NO/c1-2-15-9-5-6-10-16(15)12-18-13-17(19)11-14-7-3-4-8-14/h5-6,9-10,14,17-19H,2-4,7-8,11-13H2,1H3. The number of benzene rings is 1. The largest absolute Gasteiger partial charge is 0.392 e. The van der Waals surface area contributed by atoms with Gasteiger partial charge in [-0.15, -0.1) is 0 Å². The van der Waals surface area contributed by atoms with Gasteiger partial charge in [0.2, 0.25) is 0 Å². The van der Waals surface area contributed by atoms with Crippen LogP contribution in [0.25, 0.3) is 0 Å². The zero-order valence-corrected chi connectivity index (χ0v) is 12.1. The van der Waals surface area contributed by atoms with Crippen molar-refractivity contribution >= 4 is 0 Å². The van der Waals surface area contributed by atoms with Gasteiger partial charge in [-0.2, -0.15) is 0 Å². The first-order chi connectivity index (χ1) is 9.29. The second kappa shape index (κ2) is 7.66. The molecule has 0 aromatic heterocycles. The molecular weight excluding hydrogens is 234 g/mol. The van der Waals surface area contributed by atoms with Crippen LogP contribution in [0.15, 0.2) is 24.3 Å². The zero-order chi connectivity index (χ0) is 13.5. The monoisotopic (exact) mass is 261 g/mol. The molecule has 2 N–H and O–H groups in total. The summed E-state index contributed by atoms with van der Waals surface area (Å²) in [5, 5.41) is 13.5. The quantitative estimate of drug-likeness (QED) is 0.789. The molecule has 2 rings (SSSR count). The highest BCUT2D eigenvalue weighted by Gasteiger charge is 2.18. The van der Waals surface area contributed by atoms with Crippen LogP contribution in [0.1, 0.15) is 50.2 Å². The van der Waals surface area contributed by atoms with Crippen LogP contribution >= 0.6 is 0 Å². The van der Waals surface area contributed by atoms with Gasteiger partial charge in [0.15, 0.2) is 0 Å². The van der Waals surface area contributed by atoms with Crippen LogP contribution in [-0.4, -0.2) is 17.8 Å². The lowest BCUT2D eigenvalue weighted by Crippen LogP contribution is -2.28. The van der Waals surface area contributed by atoms with E-state index in [1.807, 2.05) is 0 Å². The molecule has 1 saturated carbocycles. The topological polar surface area (TPSA) is 32.3 Å². The molecule has 0 heterocycles. The molecular formula is C17H27NO. The Bertz CT molecular complexity index is 371. The maximum atomic E-state index is 10.1. The van der Waals surface area contributed by atoms with E-state index in [1.54, 1.807) is 0 Å². The highest BCUT2D eigenvalue weighted by atomic mass is 16.3. The van der Waals surface area contributed by atoms with Crippen LogP contribution in [0.3, 0.4) is 0 Å². The highest BCUT2D eigenvalue weighted by molar-refractivity contribution is 5.26. The summed E-state index contributed by atoms with van der Waals surface area (Å²) in [5.74, 6) is 0.764. The molecule has 2 heteroatoms. The second-order valence-corrected chi connectivity index (χ2v) is 5.79. The van der Waals surface area contributed by atoms with Gasteiger partial charge in [0.25, 0.3) is 0 Å². The van der Waals surface area contributed by atoms with Gasteiger partial charge in [0.1, 0.15) is 0 Å². The summed E-state index contributed by atoms with van der Waals surface area (Å²) in [7, 11) is 0. The number of aryl methyl sites for hydroxylation is 1. The van der Waals surface area contributed by atoms with Gasteiger partial charge in [-0.3, -0.25) is 0 Å². The van der Waals surface area contributed by atoms with Crippen molar-refractivity contribution in [3.63, 3.8) is 0 Å². The number of aliphatic hydroxyl groups is 1. The Morgan fingerprint density at radius 3 is 2.58 bits per heavy atom. The Morgan fingerprint density at radius 1 is 1.21 bits per heavy atom. The third kappa shape index (κ3) is 4.63. The van der Waals surface area contributed by atoms with E-state index < -0.39 is 0 Å². The summed E-state index contributed by atoms with van der Waals surface area (Å²) in [6, 6.07) is 8.55. The van der Waals surface area contributed by atoms with Crippen LogP contribution in [0.5, 0.6) is 0 Å². The van der Waals surface area contributed by atoms with E-state index in [-0.39, 0.29) is 6.10 Å². The molecule has 1 aliphatic rings. The van der Waals surface area contributed by atoms with E-state index in [0.717, 1.165) is 25.3 Å². The zero-order valence-electron chi connectivity index (χ0n) is 12.1. The van der Waals surface area contributed by atoms with E-state index in [0.29, 0.717) is 6.54 Å². The number of nitrogens with one attached hydrogen (secondary N) is 1. The maximum Gasteiger partial charge on any atom is 0.0667 e. The van der Waals surface area contributed by atoms with Gasteiger partial charge in [-0.05, 0) is 29.9 Å². The van der Waals surface area contributed by atoms with E-state index >= 15 is 0 Å². The van der Waals surface area contributed by atoms with Gasteiger partial charge >= 0.3 is 0 Å². The second-order valence-electron chi connectivity index (χ2n) is 5.79. The van der Waals surface area contributed by atoms with Crippen molar-refractivity contribution in [3.8, 4) is 0 Å². The fraction of sp³-hybridized carbons (Fsp3) is 0.647. The minimum absolute atomic E-state index is 0.183. The first-order valence-electron chi connectivity index (χ1n) is 7.75. The summed E-state index contributed by atoms with van der Waals surface area (Å²) < 4.78 is 0. The molecule has 0 aliphatic heterocycles. The smallest absolute Gasteiger partial charge is 0.0667 e. The number of rotatable bonds is 7. The van der Waals surface area contributed by atoms with E-state index in [9.17, 15) is 5.11 Å². The number of hydrogen-bond acceptors (Lipinski definition) is 2. The van der Waals surface area contributed by atoms with Crippen molar-refractivity contribution in [2.24, 2.45) is 5.92 Å². The minimum atomic E-state index is -0.183. The summed E-state index contributed by atoms with van der Waals surface area (Å²) in [4.78, 5) is 0. The van der Waals surface area contributed by atoms with Gasteiger partial charge in [0.05, 0.1) is 6.10 Å². The molecule has 0 spiro atoms. The van der Waals surface area contributed by atoms with Gasteiger partial charge in [-0.25, -0.2) is 0 Å². The summed E-state index contributed by atoms with van der Waals surface area (Å²) in [6.07, 6.45) is 7.21. The Hall–Kier alpha value is -0.860. The molecule has 0 saturated heterocycles. The third-order valence-corrected chi connectivity index (χ3v) is 4.27. The van der Waals surface area contributed by atoms with Crippen molar-refractivity contribution in [2.45, 2.75) is 58.1 Å². The predicted octanol–water partition coefficient (Wildman–Crippen LogP) is 3.28. The molecule has 1 unspecified atom stereocenters. The number of aliphatic hydroxyl groups excluding tert-OH is 1. The Kier molecular flexibility index (Phi) is 5.87. The van der Waals surface area contributed by atoms with E-state index in [2.05, 4.69) is 36.5 Å². The minimum Gasteiger partial charge on any atom is -0.392 e. The fourth-order valence-corrected chi connectivity index (χ4v) is 3.16. The highest BCUT2D eigenvalue weighted by Crippen LogP contribution is 2.28. The number of hydrogen-bond donors (Lipinski definition) is 2. The van der Waals surface area contributed by atoms with E-state index in [1.165, 1.54) is 36.8 Å². The van der Waals surface area contributed by atoms with Gasteiger partial charge in [0, 0.05) is 13.1 Å². The third-order valence-electron chi connectivity index (χ3n) is 4.27. The molecule has 19 heavy (non-hydrogen) atoms. The molecule has 1 aromatic carbocycles. The molecule has 0 amide bonds. The van der Waals surface area contributed by atoms with Crippen LogP contribution in [0, 0.1) is 5.92 Å². The van der Waals surface area contributed by atoms with Crippen molar-refractivity contribution in [2.75, 3.05) is 6.54 Å². The lowest BCUT2D eigenvalue weighted by atomic mass is 10.00. The van der Waals surface area contributed by atoms with Crippen LogP contribution in [-0.2, 0) is 13.0 Å². The summed E-state index contributed by atoms with van der Waals surface area (Å²) in [5.41, 5.74) is 2.76. The molecule has 1 fully saturated rings. The predicted molar refractivity (Wildman–Crippen MR) is 80.1 cm³/mol. The van der Waals surface area contributed by atoms with Gasteiger partial charge in [-0.1, -0.05) is 56.9 Å². The molecule has 0 bridgehead atoms. The van der Waals surface area contributed by atoms with Crippen LogP contribution in [0.2, 0.25) is 0 Å². The molecule has 1 atom stereocenters. The average molecular weight is 261 g/mol. The summed E-state index contributed by atoms with van der Waals surface area (Å²) in [6.45, 7) is 3.77. The van der Waals surface area contributed by atoms with Crippen molar-refractivity contribution < 1.29 is 5.11 Å². The van der Waals surface area contributed by atoms with E-state index in [4.69, 9.17) is 0 Å². The molecule has 1 aliphatic carbocycles. The van der Waals surface area contributed by atoms with Crippen LogP contribution in [0.4, 0.5) is 0 Å². The summed E-state index contributed by atoms with van der Waals surface area (Å²) >= 11 is 0. The Labute approximate surface area is 117 Å². The first-order valence-corrected chi connectivity index (χ1v) is 7.75. The SMILES string of the molecule is CCc1ccccc1CNCC(O)CC1CCCC1.